The smallest absolute Gasteiger partial charge is 0.405 e. The maximum atomic E-state index is 12.6. The van der Waals surface area contributed by atoms with Gasteiger partial charge in [-0.2, -0.15) is 13.2 Å². The van der Waals surface area contributed by atoms with E-state index in [0.29, 0.717) is 16.9 Å². The van der Waals surface area contributed by atoms with Crippen LogP contribution in [0.15, 0.2) is 49.1 Å². The van der Waals surface area contributed by atoms with Gasteiger partial charge >= 0.3 is 12.2 Å². The second-order valence-electron chi connectivity index (χ2n) is 7.30. The molecule has 0 unspecified atom stereocenters. The fraction of sp³-hybridized carbons (Fsp3) is 0.217. The highest BCUT2D eigenvalue weighted by atomic mass is 19.4. The molecule has 12 heteroatoms. The number of nitrogens with one attached hydrogen (secondary N) is 1. The minimum Gasteiger partial charge on any atom is -0.496 e. The van der Waals surface area contributed by atoms with Gasteiger partial charge in [0.25, 0.3) is 5.91 Å². The summed E-state index contributed by atoms with van der Waals surface area (Å²) in [5, 5.41) is 1.84. The van der Waals surface area contributed by atoms with E-state index in [1.165, 1.54) is 21.3 Å². The van der Waals surface area contributed by atoms with Gasteiger partial charge in [-0.05, 0) is 29.8 Å². The molecule has 0 atom stereocenters. The average molecular weight is 487 g/mol. The van der Waals surface area contributed by atoms with Gasteiger partial charge in [0.1, 0.15) is 29.3 Å². The third-order valence-electron chi connectivity index (χ3n) is 5.14. The van der Waals surface area contributed by atoms with Gasteiger partial charge in [0, 0.05) is 29.7 Å². The number of amides is 1. The number of rotatable bonds is 7. The first-order chi connectivity index (χ1) is 16.7. The molecule has 0 saturated heterocycles. The number of hydrogen-bond acceptors (Lipinski definition) is 7. The van der Waals surface area contributed by atoms with Crippen LogP contribution in [-0.2, 0) is 0 Å². The molecule has 0 aliphatic rings. The van der Waals surface area contributed by atoms with Crippen LogP contribution in [0.4, 0.5) is 13.2 Å². The van der Waals surface area contributed by atoms with E-state index in [9.17, 15) is 18.0 Å². The Bertz CT molecular complexity index is 1350. The molecule has 0 fully saturated rings. The quantitative estimate of drug-likeness (QED) is 0.424. The van der Waals surface area contributed by atoms with Crippen LogP contribution in [0.1, 0.15) is 10.4 Å². The van der Waals surface area contributed by atoms with Crippen molar-refractivity contribution in [3.63, 3.8) is 0 Å². The molecule has 3 aromatic heterocycles. The van der Waals surface area contributed by atoms with Crippen molar-refractivity contribution < 1.29 is 32.2 Å². The highest BCUT2D eigenvalue weighted by molar-refractivity contribution is 6.00. The molecule has 0 radical (unpaired) electrons. The normalized spacial score (nSPS) is 11.4. The van der Waals surface area contributed by atoms with Gasteiger partial charge < -0.3 is 19.5 Å². The maximum Gasteiger partial charge on any atom is 0.405 e. The number of imidazole rings is 1. The summed E-state index contributed by atoms with van der Waals surface area (Å²) in [4.78, 5) is 25.1. The van der Waals surface area contributed by atoms with Gasteiger partial charge in [0.05, 0.1) is 33.2 Å². The fourth-order valence-electron chi connectivity index (χ4n) is 3.50. The lowest BCUT2D eigenvalue weighted by molar-refractivity contribution is -0.123. The molecule has 0 bridgehead atoms. The first-order valence-electron chi connectivity index (χ1n) is 10.2. The molecule has 1 amide bonds. The molecule has 1 N–H and O–H groups in total. The van der Waals surface area contributed by atoms with Crippen LogP contribution < -0.4 is 19.5 Å². The second-order valence-corrected chi connectivity index (χ2v) is 7.30. The number of alkyl halides is 3. The van der Waals surface area contributed by atoms with Crippen molar-refractivity contribution in [2.45, 2.75) is 6.18 Å². The third kappa shape index (κ3) is 4.95. The maximum absolute atomic E-state index is 12.6. The lowest BCUT2D eigenvalue weighted by Crippen LogP contribution is -2.34. The molecule has 182 valence electrons. The number of nitrogens with zero attached hydrogens (tertiary/aromatic N) is 4. The predicted octanol–water partition coefficient (Wildman–Crippen LogP) is 3.78. The summed E-state index contributed by atoms with van der Waals surface area (Å²) in [6, 6.07) is 7.05. The van der Waals surface area contributed by atoms with E-state index in [0.717, 1.165) is 11.1 Å². The van der Waals surface area contributed by atoms with Crippen molar-refractivity contribution in [3.05, 3.63) is 54.6 Å². The molecule has 3 heterocycles. The number of halogens is 3. The minimum absolute atomic E-state index is 0.0565. The first kappa shape index (κ1) is 23.8. The van der Waals surface area contributed by atoms with Crippen molar-refractivity contribution in [2.24, 2.45) is 0 Å². The van der Waals surface area contributed by atoms with E-state index in [-0.39, 0.29) is 23.1 Å². The number of aromatic nitrogens is 4. The zero-order valence-corrected chi connectivity index (χ0v) is 18.9. The van der Waals surface area contributed by atoms with Gasteiger partial charge in [-0.3, -0.25) is 9.20 Å². The summed E-state index contributed by atoms with van der Waals surface area (Å²) < 4.78 is 55.1. The fourth-order valence-corrected chi connectivity index (χ4v) is 3.50. The Balaban J connectivity index is 1.71. The first-order valence-corrected chi connectivity index (χ1v) is 10.2. The molecule has 0 aliphatic heterocycles. The van der Waals surface area contributed by atoms with Crippen LogP contribution >= 0.6 is 0 Å². The number of carbonyl (C=O) groups excluding carboxylic acids is 1. The van der Waals surface area contributed by atoms with E-state index in [1.807, 2.05) is 21.9 Å². The van der Waals surface area contributed by atoms with Gasteiger partial charge in [-0.25, -0.2) is 15.0 Å². The van der Waals surface area contributed by atoms with E-state index >= 15 is 0 Å². The van der Waals surface area contributed by atoms with Gasteiger partial charge in [0.15, 0.2) is 0 Å². The van der Waals surface area contributed by atoms with Crippen molar-refractivity contribution in [3.8, 4) is 39.9 Å². The molecular formula is C23H20F3N5O4. The standard InChI is InChI=1S/C23H20F3N5O4/c1-33-17-6-14(7-18(34-2)20(17)21(32)30-12-23(24,25)26)16-11-27-19-8-13(4-5-31(16)19)15-9-28-22(35-3)29-10-15/h4-11H,12H2,1-3H3,(H,30,32). The summed E-state index contributed by atoms with van der Waals surface area (Å²) in [7, 11) is 4.12. The van der Waals surface area contributed by atoms with Crippen LogP contribution in [0.3, 0.4) is 0 Å². The Morgan fingerprint density at radius 2 is 1.57 bits per heavy atom. The van der Waals surface area contributed by atoms with E-state index in [1.54, 1.807) is 36.9 Å². The Kier molecular flexibility index (Phi) is 6.45. The molecule has 0 saturated carbocycles. The van der Waals surface area contributed by atoms with Gasteiger partial charge in [-0.15, -0.1) is 0 Å². The summed E-state index contributed by atoms with van der Waals surface area (Å²) in [5.41, 5.74) is 3.33. The lowest BCUT2D eigenvalue weighted by atomic mass is 10.1. The third-order valence-corrected chi connectivity index (χ3v) is 5.14. The lowest BCUT2D eigenvalue weighted by Gasteiger charge is -2.16. The zero-order valence-electron chi connectivity index (χ0n) is 18.9. The largest absolute Gasteiger partial charge is 0.496 e. The molecule has 35 heavy (non-hydrogen) atoms. The van der Waals surface area contributed by atoms with Gasteiger partial charge in [-0.1, -0.05) is 0 Å². The van der Waals surface area contributed by atoms with Crippen molar-refractivity contribution in [1.82, 2.24) is 24.7 Å². The molecule has 1 aromatic carbocycles. The number of pyridine rings is 1. The molecular weight excluding hydrogens is 467 g/mol. The van der Waals surface area contributed by atoms with Crippen LogP contribution in [0.5, 0.6) is 17.5 Å². The summed E-state index contributed by atoms with van der Waals surface area (Å²) >= 11 is 0. The summed E-state index contributed by atoms with van der Waals surface area (Å²) in [6.45, 7) is -1.48. The molecule has 4 aromatic rings. The SMILES string of the molecule is COc1ncc(-c2ccn3c(-c4cc(OC)c(C(=O)NCC(F)(F)F)c(OC)c4)cnc3c2)cn1. The Morgan fingerprint density at radius 1 is 0.914 bits per heavy atom. The number of benzene rings is 1. The minimum atomic E-state index is -4.55. The van der Waals surface area contributed by atoms with Crippen LogP contribution in [0, 0.1) is 0 Å². The number of fused-ring (bicyclic) bond motifs is 1. The number of hydrogen-bond donors (Lipinski definition) is 1. The number of methoxy groups -OCH3 is 3. The van der Waals surface area contributed by atoms with E-state index < -0.39 is 18.6 Å². The van der Waals surface area contributed by atoms with Crippen LogP contribution in [-0.4, -0.2) is 59.3 Å². The van der Waals surface area contributed by atoms with E-state index in [4.69, 9.17) is 14.2 Å². The van der Waals surface area contributed by atoms with Crippen LogP contribution in [0.25, 0.3) is 28.0 Å². The molecule has 0 aliphatic carbocycles. The Labute approximate surface area is 197 Å². The average Bonchev–Trinajstić information content (AvgIpc) is 3.29. The van der Waals surface area contributed by atoms with Crippen molar-refractivity contribution in [2.75, 3.05) is 27.9 Å². The Hall–Kier alpha value is -4.35. The number of carbonyl (C=O) groups is 1. The van der Waals surface area contributed by atoms with Crippen LogP contribution in [0.2, 0.25) is 0 Å². The number of ether oxygens (including phenoxy) is 3. The highest BCUT2D eigenvalue weighted by Crippen LogP contribution is 2.36. The predicted molar refractivity (Wildman–Crippen MR) is 120 cm³/mol. The summed E-state index contributed by atoms with van der Waals surface area (Å²) in [5.74, 6) is -0.853. The topological polar surface area (TPSA) is 99.9 Å². The Morgan fingerprint density at radius 3 is 2.14 bits per heavy atom. The van der Waals surface area contributed by atoms with Crippen molar-refractivity contribution in [1.29, 1.82) is 0 Å². The molecule has 9 nitrogen and oxygen atoms in total. The highest BCUT2D eigenvalue weighted by Gasteiger charge is 2.30. The molecule has 0 spiro atoms. The van der Waals surface area contributed by atoms with Gasteiger partial charge in [0.2, 0.25) is 0 Å². The zero-order chi connectivity index (χ0) is 25.2. The second kappa shape index (κ2) is 9.49. The summed E-state index contributed by atoms with van der Waals surface area (Å²) in [6.07, 6.45) is 2.16. The van der Waals surface area contributed by atoms with Crippen molar-refractivity contribution >= 4 is 11.6 Å². The molecule has 4 rings (SSSR count). The van der Waals surface area contributed by atoms with E-state index in [2.05, 4.69) is 15.0 Å². The monoisotopic (exact) mass is 487 g/mol.